The third-order valence-corrected chi connectivity index (χ3v) is 5.19. The molecule has 0 saturated heterocycles. The van der Waals surface area contributed by atoms with Crippen molar-refractivity contribution in [3.05, 3.63) is 72.1 Å². The van der Waals surface area contributed by atoms with Crippen molar-refractivity contribution in [2.75, 3.05) is 5.75 Å². The molecule has 0 aliphatic carbocycles. The van der Waals surface area contributed by atoms with Crippen LogP contribution in [0.15, 0.2) is 65.8 Å². The molecule has 0 radical (unpaired) electrons. The van der Waals surface area contributed by atoms with E-state index in [2.05, 4.69) is 27.6 Å². The fourth-order valence-corrected chi connectivity index (χ4v) is 3.67. The minimum Gasteiger partial charge on any atom is -0.353 e. The number of aromatic nitrogens is 3. The number of hydrogen-bond acceptors (Lipinski definition) is 4. The first-order valence-electron chi connectivity index (χ1n) is 9.07. The topological polar surface area (TPSA) is 59.8 Å². The average molecular weight is 381 g/mol. The first kappa shape index (κ1) is 19.2. The van der Waals surface area contributed by atoms with Crippen LogP contribution in [-0.2, 0) is 11.2 Å². The molecule has 1 heterocycles. The number of carbonyl (C=O) groups excluding carboxylic acids is 1. The van der Waals surface area contributed by atoms with Crippen LogP contribution in [-0.4, -0.2) is 32.5 Å². The summed E-state index contributed by atoms with van der Waals surface area (Å²) in [7, 11) is 0. The normalized spacial score (nSPS) is 11.9. The van der Waals surface area contributed by atoms with E-state index in [1.54, 1.807) is 0 Å². The molecule has 1 N–H and O–H groups in total. The maximum atomic E-state index is 12.3. The van der Waals surface area contributed by atoms with Crippen LogP contribution in [0.5, 0.6) is 0 Å². The molecule has 0 saturated carbocycles. The molecule has 0 spiro atoms. The van der Waals surface area contributed by atoms with Crippen LogP contribution in [0.2, 0.25) is 0 Å². The molecular formula is C21H24N4OS. The number of nitrogens with one attached hydrogen (secondary N) is 1. The van der Waals surface area contributed by atoms with Crippen LogP contribution in [0, 0.1) is 6.92 Å². The van der Waals surface area contributed by atoms with Crippen molar-refractivity contribution in [3.63, 3.8) is 0 Å². The standard InChI is InChI=1S/C21H24N4OS/c1-16(13-14-18-9-5-3-6-10-18)22-20(26)15-27-21-24-23-17(2)25(21)19-11-7-4-8-12-19/h3-12,16H,13-15H2,1-2H3,(H,22,26). The van der Waals surface area contributed by atoms with Gasteiger partial charge in [0.2, 0.25) is 5.91 Å². The minimum absolute atomic E-state index is 0.0147. The van der Waals surface area contributed by atoms with Gasteiger partial charge in [0, 0.05) is 11.7 Å². The molecule has 3 rings (SSSR count). The Bertz CT molecular complexity index is 864. The number of benzene rings is 2. The van der Waals surface area contributed by atoms with Gasteiger partial charge in [-0.1, -0.05) is 60.3 Å². The molecule has 0 aliphatic heterocycles. The Morgan fingerprint density at radius 3 is 2.44 bits per heavy atom. The van der Waals surface area contributed by atoms with Crippen LogP contribution < -0.4 is 5.32 Å². The zero-order valence-corrected chi connectivity index (χ0v) is 16.4. The fourth-order valence-electron chi connectivity index (χ4n) is 2.86. The van der Waals surface area contributed by atoms with Gasteiger partial charge in [0.1, 0.15) is 5.82 Å². The highest BCUT2D eigenvalue weighted by atomic mass is 32.2. The largest absolute Gasteiger partial charge is 0.353 e. The van der Waals surface area contributed by atoms with Crippen LogP contribution in [0.1, 0.15) is 24.7 Å². The van der Waals surface area contributed by atoms with Gasteiger partial charge in [0.25, 0.3) is 0 Å². The molecule has 1 atom stereocenters. The van der Waals surface area contributed by atoms with Crippen molar-refractivity contribution in [3.8, 4) is 5.69 Å². The van der Waals surface area contributed by atoms with Gasteiger partial charge in [-0.2, -0.15) is 0 Å². The highest BCUT2D eigenvalue weighted by Gasteiger charge is 2.14. The summed E-state index contributed by atoms with van der Waals surface area (Å²) in [4.78, 5) is 12.3. The monoisotopic (exact) mass is 380 g/mol. The van der Waals surface area contributed by atoms with Crippen molar-refractivity contribution in [2.45, 2.75) is 37.9 Å². The summed E-state index contributed by atoms with van der Waals surface area (Å²) in [6.07, 6.45) is 1.87. The van der Waals surface area contributed by atoms with Gasteiger partial charge in [-0.25, -0.2) is 0 Å². The van der Waals surface area contributed by atoms with Gasteiger partial charge in [0.05, 0.1) is 5.75 Å². The molecule has 0 aliphatic rings. The second-order valence-corrected chi connectivity index (χ2v) is 7.42. The Balaban J connectivity index is 1.51. The highest BCUT2D eigenvalue weighted by molar-refractivity contribution is 7.99. The van der Waals surface area contributed by atoms with Gasteiger partial charge >= 0.3 is 0 Å². The Labute approximate surface area is 164 Å². The van der Waals surface area contributed by atoms with E-state index in [1.807, 2.05) is 66.9 Å². The third-order valence-electron chi connectivity index (χ3n) is 4.26. The predicted octanol–water partition coefficient (Wildman–Crippen LogP) is 3.81. The number of rotatable bonds is 8. The molecule has 27 heavy (non-hydrogen) atoms. The van der Waals surface area contributed by atoms with E-state index in [4.69, 9.17) is 0 Å². The molecule has 6 heteroatoms. The second-order valence-electron chi connectivity index (χ2n) is 6.48. The minimum atomic E-state index is 0.0147. The van der Waals surface area contributed by atoms with E-state index in [-0.39, 0.29) is 11.9 Å². The molecule has 0 fully saturated rings. The van der Waals surface area contributed by atoms with E-state index < -0.39 is 0 Å². The fraction of sp³-hybridized carbons (Fsp3) is 0.286. The van der Waals surface area contributed by atoms with Gasteiger partial charge in [-0.3, -0.25) is 9.36 Å². The van der Waals surface area contributed by atoms with E-state index in [0.29, 0.717) is 5.75 Å². The van der Waals surface area contributed by atoms with Gasteiger partial charge in [0.15, 0.2) is 5.16 Å². The van der Waals surface area contributed by atoms with Crippen molar-refractivity contribution in [1.29, 1.82) is 0 Å². The van der Waals surface area contributed by atoms with Crippen molar-refractivity contribution < 1.29 is 4.79 Å². The predicted molar refractivity (Wildman–Crippen MR) is 109 cm³/mol. The van der Waals surface area contributed by atoms with Crippen LogP contribution >= 0.6 is 11.8 Å². The zero-order chi connectivity index (χ0) is 19.1. The van der Waals surface area contributed by atoms with Crippen LogP contribution in [0.25, 0.3) is 5.69 Å². The molecule has 3 aromatic rings. The summed E-state index contributed by atoms with van der Waals surface area (Å²) >= 11 is 1.40. The summed E-state index contributed by atoms with van der Waals surface area (Å²) in [5.74, 6) is 1.14. The molecule has 0 bridgehead atoms. The summed E-state index contributed by atoms with van der Waals surface area (Å²) in [6.45, 7) is 3.96. The molecule has 1 amide bonds. The summed E-state index contributed by atoms with van der Waals surface area (Å²) in [5, 5.41) is 12.2. The second kappa shape index (κ2) is 9.37. The zero-order valence-electron chi connectivity index (χ0n) is 15.6. The lowest BCUT2D eigenvalue weighted by Gasteiger charge is -2.14. The van der Waals surface area contributed by atoms with E-state index >= 15 is 0 Å². The number of para-hydroxylation sites is 1. The quantitative estimate of drug-likeness (QED) is 0.604. The Hall–Kier alpha value is -2.60. The van der Waals surface area contributed by atoms with Crippen LogP contribution in [0.4, 0.5) is 0 Å². The Morgan fingerprint density at radius 2 is 1.74 bits per heavy atom. The first-order valence-corrected chi connectivity index (χ1v) is 10.1. The summed E-state index contributed by atoms with van der Waals surface area (Å²) in [5.41, 5.74) is 2.29. The molecule has 2 aromatic carbocycles. The first-order chi connectivity index (χ1) is 13.1. The smallest absolute Gasteiger partial charge is 0.230 e. The number of aryl methyl sites for hydroxylation is 2. The number of hydrogen-bond donors (Lipinski definition) is 1. The maximum Gasteiger partial charge on any atom is 0.230 e. The number of amides is 1. The Kier molecular flexibility index (Phi) is 6.65. The lowest BCUT2D eigenvalue weighted by molar-refractivity contribution is -0.119. The van der Waals surface area contributed by atoms with E-state index in [1.165, 1.54) is 17.3 Å². The molecule has 5 nitrogen and oxygen atoms in total. The lowest BCUT2D eigenvalue weighted by Crippen LogP contribution is -2.34. The molecule has 1 aromatic heterocycles. The van der Waals surface area contributed by atoms with Crippen molar-refractivity contribution in [1.82, 2.24) is 20.1 Å². The number of nitrogens with zero attached hydrogens (tertiary/aromatic N) is 3. The highest BCUT2D eigenvalue weighted by Crippen LogP contribution is 2.21. The SMILES string of the molecule is Cc1nnc(SCC(=O)NC(C)CCc2ccccc2)n1-c1ccccc1. The van der Waals surface area contributed by atoms with Gasteiger partial charge in [-0.05, 0) is 44.4 Å². The van der Waals surface area contributed by atoms with Crippen molar-refractivity contribution >= 4 is 17.7 Å². The molecular weight excluding hydrogens is 356 g/mol. The lowest BCUT2D eigenvalue weighted by atomic mass is 10.1. The molecule has 140 valence electrons. The van der Waals surface area contributed by atoms with E-state index in [9.17, 15) is 4.79 Å². The molecule has 1 unspecified atom stereocenters. The van der Waals surface area contributed by atoms with Gasteiger partial charge in [-0.15, -0.1) is 10.2 Å². The number of thioether (sulfide) groups is 1. The van der Waals surface area contributed by atoms with Crippen LogP contribution in [0.3, 0.4) is 0 Å². The third kappa shape index (κ3) is 5.44. The van der Waals surface area contributed by atoms with E-state index in [0.717, 1.165) is 29.5 Å². The number of carbonyl (C=O) groups is 1. The summed E-state index contributed by atoms with van der Waals surface area (Å²) < 4.78 is 1.97. The average Bonchev–Trinajstić information content (AvgIpc) is 3.07. The maximum absolute atomic E-state index is 12.3. The summed E-state index contributed by atoms with van der Waals surface area (Å²) in [6, 6.07) is 20.4. The van der Waals surface area contributed by atoms with Crippen molar-refractivity contribution in [2.24, 2.45) is 0 Å². The van der Waals surface area contributed by atoms with Gasteiger partial charge < -0.3 is 5.32 Å². The Morgan fingerprint density at radius 1 is 1.07 bits per heavy atom.